The van der Waals surface area contributed by atoms with Gasteiger partial charge in [-0.05, 0) is 107 Å². The van der Waals surface area contributed by atoms with E-state index in [1.165, 1.54) is 32.1 Å². The smallest absolute Gasteiger partial charge is 0.254 e. The predicted octanol–water partition coefficient (Wildman–Crippen LogP) is 12.5. The van der Waals surface area contributed by atoms with Crippen LogP contribution in [-0.2, 0) is 80.7 Å². The maximum atomic E-state index is 15.7. The van der Waals surface area contributed by atoms with Crippen LogP contribution in [0.15, 0.2) is 146 Å². The van der Waals surface area contributed by atoms with E-state index in [2.05, 4.69) is 71.7 Å². The van der Waals surface area contributed by atoms with E-state index < -0.39 is 137 Å². The number of oxazole rings is 1. The van der Waals surface area contributed by atoms with Gasteiger partial charge in [0.25, 0.3) is 5.88 Å². The van der Waals surface area contributed by atoms with E-state index in [0.29, 0.717) is 10.8 Å². The molecule has 6 N–H and O–H groups in total. The van der Waals surface area contributed by atoms with E-state index in [4.69, 9.17) is 36.9 Å². The summed E-state index contributed by atoms with van der Waals surface area (Å²) < 4.78 is 42.1. The van der Waals surface area contributed by atoms with Crippen molar-refractivity contribution in [1.29, 1.82) is 0 Å². The molecule has 8 aromatic heterocycles. The van der Waals surface area contributed by atoms with Crippen molar-refractivity contribution < 1.29 is 71.0 Å². The van der Waals surface area contributed by atoms with Crippen molar-refractivity contribution in [2.24, 2.45) is 23.7 Å². The molecule has 4 fully saturated rings. The number of carbonyl (C=O) groups excluding carboxylic acids is 8. The van der Waals surface area contributed by atoms with Gasteiger partial charge in [-0.2, -0.15) is 4.37 Å². The average Bonchev–Trinajstić information content (AvgIpc) is 1.65. The van der Waals surface area contributed by atoms with Crippen molar-refractivity contribution >= 4 is 92.8 Å². The molecule has 12 heterocycles. The highest BCUT2D eigenvalue weighted by Gasteiger charge is 2.50. The molecule has 4 aromatic carbocycles. The Labute approximate surface area is 796 Å². The number of aryl methyl sites for hydroxylation is 4. The minimum absolute atomic E-state index is 0.00473. The van der Waals surface area contributed by atoms with E-state index in [0.717, 1.165) is 87.8 Å². The van der Waals surface area contributed by atoms with Crippen LogP contribution >= 0.6 is 45.5 Å². The van der Waals surface area contributed by atoms with Crippen LogP contribution in [0.4, 0.5) is 0 Å². The van der Waals surface area contributed by atoms with Crippen molar-refractivity contribution in [3.63, 3.8) is 0 Å². The molecule has 135 heavy (non-hydrogen) atoms. The number of hydrogen-bond acceptors (Lipinski definition) is 30. The maximum absolute atomic E-state index is 15.7. The molecule has 0 spiro atoms. The van der Waals surface area contributed by atoms with Crippen molar-refractivity contribution in [3.05, 3.63) is 212 Å². The third-order valence-corrected chi connectivity index (χ3v) is 29.0. The maximum Gasteiger partial charge on any atom is 0.254 e. The molecule has 4 aliphatic heterocycles. The van der Waals surface area contributed by atoms with Gasteiger partial charge in [-0.15, -0.1) is 54.4 Å². The van der Waals surface area contributed by atoms with Gasteiger partial charge in [-0.25, -0.2) is 24.9 Å². The molecule has 8 amide bonds. The van der Waals surface area contributed by atoms with E-state index in [1.807, 2.05) is 180 Å². The molecule has 708 valence electrons. The largest absolute Gasteiger partial charge is 0.470 e. The summed E-state index contributed by atoms with van der Waals surface area (Å²) in [6.45, 7) is 24.4. The van der Waals surface area contributed by atoms with Crippen molar-refractivity contribution in [3.8, 4) is 48.5 Å². The number of ether oxygens (including phenoxy) is 3. The van der Waals surface area contributed by atoms with Gasteiger partial charge in [0.2, 0.25) is 59.0 Å². The third-order valence-electron chi connectivity index (χ3n) is 25.3. The van der Waals surface area contributed by atoms with E-state index in [-0.39, 0.29) is 137 Å². The molecular weight excluding hydrogens is 1800 g/mol. The number of likely N-dealkylation sites (tertiary alicyclic amines) is 4. The summed E-state index contributed by atoms with van der Waals surface area (Å²) in [5, 5.41) is 45.1. The van der Waals surface area contributed by atoms with Gasteiger partial charge in [0.1, 0.15) is 78.0 Å². The topological polar surface area (TPSA) is 443 Å². The summed E-state index contributed by atoms with van der Waals surface area (Å²) in [6, 6.07) is 28.0. The van der Waals surface area contributed by atoms with E-state index in [1.54, 1.807) is 63.7 Å². The Bertz CT molecular complexity index is 6150. The fraction of sp³-hybridized carbons (Fsp3) is 0.448. The molecule has 0 aliphatic carbocycles. The molecule has 0 saturated carbocycles. The second-order valence-corrected chi connectivity index (χ2v) is 39.7. The Morgan fingerprint density at radius 2 is 0.970 bits per heavy atom. The van der Waals surface area contributed by atoms with Crippen molar-refractivity contribution in [2.45, 2.75) is 227 Å². The first-order valence-corrected chi connectivity index (χ1v) is 48.8. The van der Waals surface area contributed by atoms with Gasteiger partial charge in [-0.1, -0.05) is 152 Å². The highest BCUT2D eigenvalue weighted by Crippen LogP contribution is 2.40. The first-order valence-electron chi connectivity index (χ1n) is 45.4. The fourth-order valence-corrected chi connectivity index (χ4v) is 21.2. The van der Waals surface area contributed by atoms with Gasteiger partial charge in [0.15, 0.2) is 29.6 Å². The quantitative estimate of drug-likeness (QED) is 0.0212. The number of aliphatic hydroxyl groups excluding tert-OH is 1. The molecule has 0 unspecified atom stereocenters. The number of aromatic amines is 1. The summed E-state index contributed by atoms with van der Waals surface area (Å²) in [7, 11) is 0. The number of aromatic nitrogens is 12. The molecule has 39 heteroatoms. The summed E-state index contributed by atoms with van der Waals surface area (Å²) in [6.07, 6.45) is 0.0584. The number of H-pyrrole nitrogens is 1. The number of nitrogens with zero attached hydrogens (tertiary/aromatic N) is 15. The standard InChI is InChI=1S/C96H110N20O15S4/c1-49(2)79(74-34-77(111-131-74)130-69-33-72(116(42-69)96(125)82(52(7)8)92-110-107-57(13)129-92)90(120)100-37-60-18-24-65(25-19-60)85-56(12)103-48-134-85)93(122)115-41-68(32-73(115)91(121)104-53(9)61-26-28-62(29-27-61)75-38-97-45-128-75)127-44-78-106-87(112-135-78)81(51(5)6)95(124)114-40-67(31-71(114)89(119)99-36-59-16-22-64(23-17-59)84-55(11)102-47-133-84)126-43-76-105-86(109-108-76)80(50(3)4)94(123)113-39-66(117)30-70(113)88(118)98-35-58-14-20-63(21-15-58)83-54(10)101-46-132-83/h14-29,34,38,45-53,66-73,79-82,117H,30-33,35-37,39-44H2,1-13H3,(H,98,118)(H,99,119)(H,100,120)(H,104,121)(H,105,108,109)/t53-,66+,67+,68+,69+,70-,71-,72-,73-,79+,80+,81+,82+/m0/s1. The number of hydrogen-bond donors (Lipinski definition) is 6. The fourth-order valence-electron chi connectivity index (χ4n) is 18.1. The first-order chi connectivity index (χ1) is 64.9. The third kappa shape index (κ3) is 21.9. The molecule has 4 saturated heterocycles. The number of nitrogens with one attached hydrogen (secondary N) is 5. The Hall–Kier alpha value is -12.5. The molecule has 4 aliphatic rings. The molecule has 12 aromatic rings. The second kappa shape index (κ2) is 42.2. The minimum Gasteiger partial charge on any atom is -0.470 e. The highest BCUT2D eigenvalue weighted by molar-refractivity contribution is 7.14. The average molecular weight is 1910 g/mol. The lowest BCUT2D eigenvalue weighted by Crippen LogP contribution is -2.48. The minimum atomic E-state index is -1.07. The zero-order valence-electron chi connectivity index (χ0n) is 77.2. The number of benzene rings is 4. The lowest BCUT2D eigenvalue weighted by molar-refractivity contribution is -0.141. The molecule has 0 radical (unpaired) electrons. The van der Waals surface area contributed by atoms with Crippen molar-refractivity contribution in [2.75, 3.05) is 26.2 Å². The van der Waals surface area contributed by atoms with Crippen LogP contribution in [-0.4, -0.2) is 207 Å². The summed E-state index contributed by atoms with van der Waals surface area (Å²) in [4.78, 5) is 154. The molecular formula is C96H110N20O15S4. The summed E-state index contributed by atoms with van der Waals surface area (Å²) in [5.41, 5.74) is 15.3. The number of thiazole rings is 3. The number of β-amino-alcohol motifs (C(OH)–C–C–N with tert-alkyl or cyclic N) is 1. The Morgan fingerprint density at radius 1 is 0.511 bits per heavy atom. The monoisotopic (exact) mass is 1910 g/mol. The Morgan fingerprint density at radius 3 is 1.45 bits per heavy atom. The normalized spacial score (nSPS) is 19.6. The summed E-state index contributed by atoms with van der Waals surface area (Å²) >= 11 is 5.68. The number of aliphatic hydroxyl groups is 1. The van der Waals surface area contributed by atoms with E-state index in [9.17, 15) is 29.1 Å². The molecule has 0 bridgehead atoms. The van der Waals surface area contributed by atoms with Gasteiger partial charge < -0.3 is 78.5 Å². The lowest BCUT2D eigenvalue weighted by Gasteiger charge is -2.29. The van der Waals surface area contributed by atoms with Crippen LogP contribution in [0.3, 0.4) is 0 Å². The summed E-state index contributed by atoms with van der Waals surface area (Å²) in [5.74, 6) is -6.76. The highest BCUT2D eigenvalue weighted by atomic mass is 32.1. The van der Waals surface area contributed by atoms with Gasteiger partial charge in [0, 0.05) is 83.5 Å². The van der Waals surface area contributed by atoms with Crippen LogP contribution in [0.5, 0.6) is 5.88 Å². The van der Waals surface area contributed by atoms with Crippen LogP contribution in [0.25, 0.3) is 42.6 Å². The second-order valence-electron chi connectivity index (χ2n) is 36.3. The van der Waals surface area contributed by atoms with Crippen LogP contribution < -0.4 is 26.0 Å². The van der Waals surface area contributed by atoms with E-state index >= 15 is 14.4 Å². The Kier molecular flexibility index (Phi) is 29.9. The van der Waals surface area contributed by atoms with Crippen LogP contribution in [0.1, 0.15) is 197 Å². The molecule has 16 rings (SSSR count). The van der Waals surface area contributed by atoms with Gasteiger partial charge in [-0.3, -0.25) is 38.4 Å². The molecule has 35 nitrogen and oxygen atoms in total. The first kappa shape index (κ1) is 95.6. The molecule has 13 atom stereocenters. The van der Waals surface area contributed by atoms with Crippen molar-refractivity contribution in [1.82, 2.24) is 101 Å². The van der Waals surface area contributed by atoms with Crippen LogP contribution in [0.2, 0.25) is 0 Å². The Balaban J connectivity index is 0.600. The number of carbonyl (C=O) groups is 8. The SMILES string of the molecule is Cc1nnc([C@H](C(=O)N2C[C@H](Oc3cc([C@H](C(=O)N4C[C@H](OCc5nc([C@H](C(=O)N6C[C@H](OCc7nnc([C@H](C(=O)N8C[C@H](O)C[C@H]8C(=O)NCc8ccc(-c9scnc9C)cc8)C(C)C)[nH]7)C[C@H]6C(=O)NCc6ccc(-c7scnc7C)cc6)C(C)C)ns5)C[C@H]4C(=O)N[C@@H](C)c4ccc(-c5cnco5)cc4)C(C)C)on3)C[C@H]2C(=O)NCc2ccc(-c3scnc3C)cc2)C(C)C)o1. The zero-order valence-corrected chi connectivity index (χ0v) is 80.5. The zero-order chi connectivity index (χ0) is 95.2. The predicted molar refractivity (Wildman–Crippen MR) is 501 cm³/mol. The number of rotatable bonds is 36. The lowest BCUT2D eigenvalue weighted by atomic mass is 9.91. The van der Waals surface area contributed by atoms with Crippen LogP contribution in [0, 0.1) is 51.4 Å². The number of amides is 8. The van der Waals surface area contributed by atoms with Gasteiger partial charge in [0.05, 0.1) is 85.3 Å². The van der Waals surface area contributed by atoms with Gasteiger partial charge >= 0.3 is 0 Å².